The molecule has 0 aliphatic heterocycles. The summed E-state index contributed by atoms with van der Waals surface area (Å²) in [5.74, 6) is -0.725. The van der Waals surface area contributed by atoms with E-state index in [9.17, 15) is 9.59 Å². The molecule has 6 nitrogen and oxygen atoms in total. The number of benzene rings is 1. The molecule has 130 valence electrons. The molecule has 0 spiro atoms. The number of Topliss-reactive ketones (excluding diaryl/α,β-unsaturated/α-hetero) is 1. The molecule has 0 aliphatic rings. The molecule has 0 heterocycles. The van der Waals surface area contributed by atoms with Gasteiger partial charge in [0.15, 0.2) is 5.78 Å². The van der Waals surface area contributed by atoms with Crippen molar-refractivity contribution < 1.29 is 23.9 Å². The van der Waals surface area contributed by atoms with Crippen LogP contribution in [-0.4, -0.2) is 31.7 Å². The van der Waals surface area contributed by atoms with E-state index in [2.05, 4.69) is 5.16 Å². The predicted octanol–water partition coefficient (Wildman–Crippen LogP) is 2.96. The molecule has 1 rings (SSSR count). The maximum Gasteiger partial charge on any atom is 0.341 e. The molecule has 0 saturated heterocycles. The van der Waals surface area contributed by atoms with Gasteiger partial charge in [0.1, 0.15) is 17.9 Å². The van der Waals surface area contributed by atoms with Crippen LogP contribution in [0.5, 0.6) is 0 Å². The fourth-order valence-corrected chi connectivity index (χ4v) is 2.02. The average Bonchev–Trinajstić information content (AvgIpc) is 2.58. The van der Waals surface area contributed by atoms with E-state index < -0.39 is 5.97 Å². The molecule has 0 unspecified atom stereocenters. The second-order valence-electron chi connectivity index (χ2n) is 5.39. The van der Waals surface area contributed by atoms with Gasteiger partial charge in [-0.25, -0.2) is 4.79 Å². The van der Waals surface area contributed by atoms with Gasteiger partial charge in [-0.1, -0.05) is 43.3 Å². The van der Waals surface area contributed by atoms with Crippen LogP contribution in [0.2, 0.25) is 0 Å². The molecule has 0 atom stereocenters. The summed E-state index contributed by atoms with van der Waals surface area (Å²) in [5.41, 5.74) is 1.93. The Morgan fingerprint density at radius 1 is 1.21 bits per heavy atom. The minimum atomic E-state index is -0.515. The van der Waals surface area contributed by atoms with Crippen LogP contribution in [0.25, 0.3) is 5.57 Å². The molecule has 0 bridgehead atoms. The van der Waals surface area contributed by atoms with Gasteiger partial charge < -0.3 is 14.3 Å². The van der Waals surface area contributed by atoms with Gasteiger partial charge in [0.05, 0.1) is 20.5 Å². The number of nitrogens with zero attached hydrogens (tertiary/aromatic N) is 1. The van der Waals surface area contributed by atoms with Crippen LogP contribution < -0.4 is 0 Å². The van der Waals surface area contributed by atoms with Gasteiger partial charge in [0.25, 0.3) is 0 Å². The highest BCUT2D eigenvalue weighted by Crippen LogP contribution is 2.21. The molecule has 6 heteroatoms. The zero-order valence-corrected chi connectivity index (χ0v) is 14.7. The summed E-state index contributed by atoms with van der Waals surface area (Å²) >= 11 is 0. The topological polar surface area (TPSA) is 74.2 Å². The van der Waals surface area contributed by atoms with Gasteiger partial charge in [-0.2, -0.15) is 0 Å². The third kappa shape index (κ3) is 5.22. The second kappa shape index (κ2) is 9.50. The quantitative estimate of drug-likeness (QED) is 0.240. The summed E-state index contributed by atoms with van der Waals surface area (Å²) in [5, 5.41) is 3.85. The third-order valence-corrected chi connectivity index (χ3v) is 3.25. The Morgan fingerprint density at radius 2 is 1.88 bits per heavy atom. The van der Waals surface area contributed by atoms with Gasteiger partial charge in [-0.15, -0.1) is 0 Å². The van der Waals surface area contributed by atoms with E-state index in [4.69, 9.17) is 14.3 Å². The number of oxime groups is 1. The summed E-state index contributed by atoms with van der Waals surface area (Å²) in [6.07, 6.45) is 1.32. The number of carbonyl (C=O) groups is 2. The number of carbonyl (C=O) groups excluding carboxylic acids is 2. The van der Waals surface area contributed by atoms with Crippen molar-refractivity contribution in [2.45, 2.75) is 27.4 Å². The molecule has 0 amide bonds. The fraction of sp³-hybridized carbons (Fsp3) is 0.389. The van der Waals surface area contributed by atoms with E-state index in [1.54, 1.807) is 39.0 Å². The van der Waals surface area contributed by atoms with E-state index in [0.29, 0.717) is 11.3 Å². The number of hydrogen-bond acceptors (Lipinski definition) is 6. The lowest BCUT2D eigenvalue weighted by atomic mass is 10.0. The minimum Gasteiger partial charge on any atom is -0.503 e. The summed E-state index contributed by atoms with van der Waals surface area (Å²) in [6, 6.07) is 7.18. The molecule has 1 aromatic rings. The lowest BCUT2D eigenvalue weighted by molar-refractivity contribution is -0.133. The molecule has 0 aliphatic carbocycles. The normalized spacial score (nSPS) is 12.1. The molecule has 0 N–H and O–H groups in total. The monoisotopic (exact) mass is 333 g/mol. The van der Waals surface area contributed by atoms with E-state index in [1.807, 2.05) is 6.07 Å². The number of hydrogen-bond donors (Lipinski definition) is 0. The summed E-state index contributed by atoms with van der Waals surface area (Å²) in [6.45, 7) is 5.32. The van der Waals surface area contributed by atoms with Gasteiger partial charge in [-0.05, 0) is 12.5 Å². The largest absolute Gasteiger partial charge is 0.503 e. The molecule has 1 aromatic carbocycles. The zero-order valence-electron chi connectivity index (χ0n) is 14.7. The lowest BCUT2D eigenvalue weighted by Crippen LogP contribution is -2.17. The molecule has 0 fully saturated rings. The van der Waals surface area contributed by atoms with Gasteiger partial charge in [-0.3, -0.25) is 4.79 Å². The van der Waals surface area contributed by atoms with Crippen molar-refractivity contribution in [1.82, 2.24) is 0 Å². The first-order valence-electron chi connectivity index (χ1n) is 7.52. The first-order chi connectivity index (χ1) is 11.4. The maximum atomic E-state index is 11.9. The summed E-state index contributed by atoms with van der Waals surface area (Å²) in [4.78, 5) is 29.0. The number of ether oxygens (including phenoxy) is 2. The van der Waals surface area contributed by atoms with Crippen LogP contribution in [0.4, 0.5) is 0 Å². The Morgan fingerprint density at radius 3 is 2.46 bits per heavy atom. The SMILES string of the molecule is CO/C=C(/C(=O)OC)c1ccccc1CO/N=C(\C)C(=O)C(C)C. The van der Waals surface area contributed by atoms with Crippen LogP contribution in [0, 0.1) is 5.92 Å². The second-order valence-corrected chi connectivity index (χ2v) is 5.39. The molecule has 0 aromatic heterocycles. The van der Waals surface area contributed by atoms with E-state index >= 15 is 0 Å². The molecule has 24 heavy (non-hydrogen) atoms. The van der Waals surface area contributed by atoms with Crippen molar-refractivity contribution in [3.05, 3.63) is 41.7 Å². The van der Waals surface area contributed by atoms with Crippen molar-refractivity contribution in [3.63, 3.8) is 0 Å². The lowest BCUT2D eigenvalue weighted by Gasteiger charge is -2.11. The van der Waals surface area contributed by atoms with Crippen molar-refractivity contribution in [2.24, 2.45) is 11.1 Å². The predicted molar refractivity (Wildman–Crippen MR) is 91.2 cm³/mol. The van der Waals surface area contributed by atoms with Crippen LogP contribution in [0.15, 0.2) is 35.7 Å². The minimum absolute atomic E-state index is 0.0715. The first-order valence-corrected chi connectivity index (χ1v) is 7.52. The Hall–Kier alpha value is -2.63. The maximum absolute atomic E-state index is 11.9. The number of rotatable bonds is 8. The number of methoxy groups -OCH3 is 2. The first kappa shape index (κ1) is 19.4. The van der Waals surface area contributed by atoms with Crippen molar-refractivity contribution in [3.8, 4) is 0 Å². The Bertz CT molecular complexity index is 647. The highest BCUT2D eigenvalue weighted by molar-refractivity contribution is 6.39. The molecule has 0 radical (unpaired) electrons. The summed E-state index contributed by atoms with van der Waals surface area (Å²) in [7, 11) is 2.75. The fourth-order valence-electron chi connectivity index (χ4n) is 2.02. The Labute approximate surface area is 142 Å². The van der Waals surface area contributed by atoms with Crippen LogP contribution in [-0.2, 0) is 30.5 Å². The zero-order chi connectivity index (χ0) is 18.1. The molecule has 0 saturated carbocycles. The van der Waals surface area contributed by atoms with Gasteiger partial charge in [0, 0.05) is 11.5 Å². The third-order valence-electron chi connectivity index (χ3n) is 3.25. The Kier molecular flexibility index (Phi) is 7.68. The number of esters is 1. The average molecular weight is 333 g/mol. The number of ketones is 1. The van der Waals surface area contributed by atoms with E-state index in [-0.39, 0.29) is 23.9 Å². The molecular formula is C18H23NO5. The van der Waals surface area contributed by atoms with Gasteiger partial charge in [0.2, 0.25) is 0 Å². The van der Waals surface area contributed by atoms with Crippen LogP contribution in [0.1, 0.15) is 31.9 Å². The standard InChI is InChI=1S/C18H23NO5/c1-12(2)17(20)13(3)19-24-10-14-8-6-7-9-15(14)16(11-22-4)18(21)23-5/h6-9,11-12H,10H2,1-5H3/b16-11+,19-13+. The van der Waals surface area contributed by atoms with Crippen molar-refractivity contribution in [2.75, 3.05) is 14.2 Å². The highest BCUT2D eigenvalue weighted by atomic mass is 16.6. The highest BCUT2D eigenvalue weighted by Gasteiger charge is 2.17. The van der Waals surface area contributed by atoms with Crippen LogP contribution >= 0.6 is 0 Å². The smallest absolute Gasteiger partial charge is 0.341 e. The van der Waals surface area contributed by atoms with E-state index in [0.717, 1.165) is 5.56 Å². The van der Waals surface area contributed by atoms with Gasteiger partial charge >= 0.3 is 5.97 Å². The van der Waals surface area contributed by atoms with Crippen LogP contribution in [0.3, 0.4) is 0 Å². The van der Waals surface area contributed by atoms with Crippen molar-refractivity contribution in [1.29, 1.82) is 0 Å². The Balaban J connectivity index is 2.99. The summed E-state index contributed by atoms with van der Waals surface area (Å²) < 4.78 is 9.74. The van der Waals surface area contributed by atoms with Crippen molar-refractivity contribution >= 4 is 23.0 Å². The molecular weight excluding hydrogens is 310 g/mol. The van der Waals surface area contributed by atoms with E-state index in [1.165, 1.54) is 20.5 Å².